The van der Waals surface area contributed by atoms with Crippen LogP contribution in [0, 0.1) is 0 Å². The molecule has 1 heterocycles. The second-order valence-corrected chi connectivity index (χ2v) is 5.78. The third-order valence-electron chi connectivity index (χ3n) is 4.32. The number of rotatable bonds is 7. The van der Waals surface area contributed by atoms with E-state index in [2.05, 4.69) is 31.2 Å². The average Bonchev–Trinajstić information content (AvgIpc) is 2.48. The van der Waals surface area contributed by atoms with Crippen LogP contribution in [0.25, 0.3) is 0 Å². The van der Waals surface area contributed by atoms with Gasteiger partial charge in [-0.1, -0.05) is 50.5 Å². The van der Waals surface area contributed by atoms with Crippen LogP contribution in [-0.4, -0.2) is 12.6 Å². The van der Waals surface area contributed by atoms with Crippen LogP contribution >= 0.6 is 0 Å². The Morgan fingerprint density at radius 1 is 1.05 bits per heavy atom. The molecule has 105 valence electrons. The molecular formula is C18H28N. The number of unbranched alkanes of at least 4 members (excludes halogenated alkanes) is 2. The Bertz CT molecular complexity index is 352. The van der Waals surface area contributed by atoms with Gasteiger partial charge >= 0.3 is 0 Å². The summed E-state index contributed by atoms with van der Waals surface area (Å²) in [5, 5.41) is 4.71. The van der Waals surface area contributed by atoms with E-state index < -0.39 is 0 Å². The van der Waals surface area contributed by atoms with Crippen LogP contribution in [0.2, 0.25) is 0 Å². The lowest BCUT2D eigenvalue weighted by Gasteiger charge is -2.21. The van der Waals surface area contributed by atoms with Crippen LogP contribution in [0.4, 0.5) is 0 Å². The van der Waals surface area contributed by atoms with Crippen molar-refractivity contribution in [2.24, 2.45) is 0 Å². The van der Waals surface area contributed by atoms with Crippen LogP contribution in [-0.2, 0) is 12.8 Å². The third kappa shape index (κ3) is 4.99. The van der Waals surface area contributed by atoms with E-state index >= 15 is 0 Å². The summed E-state index contributed by atoms with van der Waals surface area (Å²) in [6.45, 7) is 3.37. The van der Waals surface area contributed by atoms with Crippen LogP contribution in [0.15, 0.2) is 24.3 Å². The molecule has 0 N–H and O–H groups in total. The first-order valence-corrected chi connectivity index (χ1v) is 8.13. The molecule has 1 radical (unpaired) electrons. The quantitative estimate of drug-likeness (QED) is 0.639. The first kappa shape index (κ1) is 14.6. The lowest BCUT2D eigenvalue weighted by Crippen LogP contribution is -2.27. The van der Waals surface area contributed by atoms with Gasteiger partial charge in [0.1, 0.15) is 0 Å². The Morgan fingerprint density at radius 2 is 1.89 bits per heavy atom. The average molecular weight is 258 g/mol. The number of benzene rings is 1. The van der Waals surface area contributed by atoms with Gasteiger partial charge in [0.15, 0.2) is 0 Å². The van der Waals surface area contributed by atoms with Gasteiger partial charge in [-0.25, -0.2) is 5.32 Å². The second-order valence-electron chi connectivity index (χ2n) is 5.78. The van der Waals surface area contributed by atoms with E-state index in [-0.39, 0.29) is 0 Å². The van der Waals surface area contributed by atoms with Crippen LogP contribution in [0.5, 0.6) is 0 Å². The Kier molecular flexibility index (Phi) is 6.43. The summed E-state index contributed by atoms with van der Waals surface area (Å²) in [7, 11) is 0. The fraction of sp³-hybridized carbons (Fsp3) is 0.667. The number of hydrogen-bond donors (Lipinski definition) is 0. The summed E-state index contributed by atoms with van der Waals surface area (Å²) >= 11 is 0. The molecule has 0 amide bonds. The fourth-order valence-electron chi connectivity index (χ4n) is 3.11. The summed E-state index contributed by atoms with van der Waals surface area (Å²) < 4.78 is 0. The Morgan fingerprint density at radius 3 is 2.63 bits per heavy atom. The van der Waals surface area contributed by atoms with E-state index in [1.165, 1.54) is 56.9 Å². The van der Waals surface area contributed by atoms with Gasteiger partial charge in [0.05, 0.1) is 0 Å². The molecule has 0 saturated carbocycles. The van der Waals surface area contributed by atoms with Crippen molar-refractivity contribution in [3.05, 3.63) is 35.4 Å². The summed E-state index contributed by atoms with van der Waals surface area (Å²) in [5.41, 5.74) is 3.09. The molecule has 0 aliphatic carbocycles. The predicted octanol–water partition coefficient (Wildman–Crippen LogP) is 4.51. The highest BCUT2D eigenvalue weighted by atomic mass is 14.9. The predicted molar refractivity (Wildman–Crippen MR) is 82.6 cm³/mol. The lowest BCUT2D eigenvalue weighted by molar-refractivity contribution is 0.364. The van der Waals surface area contributed by atoms with Gasteiger partial charge in [-0.15, -0.1) is 0 Å². The standard InChI is InChI=1S/C18H28N/c1-2-16-10-6-7-12-17(16)11-4-3-5-13-18-14-8-9-15-19-18/h6-7,10,12,18H,2-5,8-9,11,13-15H2,1H3. The van der Waals surface area contributed by atoms with Gasteiger partial charge < -0.3 is 0 Å². The fourth-order valence-corrected chi connectivity index (χ4v) is 3.11. The van der Waals surface area contributed by atoms with Gasteiger partial charge in [0, 0.05) is 12.6 Å². The SMILES string of the molecule is CCc1ccccc1CCCCCC1CCCC[N]1. The van der Waals surface area contributed by atoms with E-state index in [1.54, 1.807) is 5.56 Å². The summed E-state index contributed by atoms with van der Waals surface area (Å²) in [6, 6.07) is 9.60. The molecule has 19 heavy (non-hydrogen) atoms. The molecule has 1 aliphatic heterocycles. The van der Waals surface area contributed by atoms with Gasteiger partial charge in [0.25, 0.3) is 0 Å². The molecule has 1 aromatic carbocycles. The number of piperidine rings is 1. The minimum atomic E-state index is 0.691. The Labute approximate surface area is 118 Å². The summed E-state index contributed by atoms with van der Waals surface area (Å²) in [6.07, 6.45) is 11.9. The highest BCUT2D eigenvalue weighted by molar-refractivity contribution is 5.26. The lowest BCUT2D eigenvalue weighted by atomic mass is 9.96. The first-order chi connectivity index (χ1) is 9.40. The molecule has 1 unspecified atom stereocenters. The second kappa shape index (κ2) is 8.37. The molecule has 1 fully saturated rings. The van der Waals surface area contributed by atoms with E-state index in [0.717, 1.165) is 13.0 Å². The molecule has 1 saturated heterocycles. The highest BCUT2D eigenvalue weighted by Gasteiger charge is 2.12. The van der Waals surface area contributed by atoms with Crippen molar-refractivity contribution in [2.45, 2.75) is 70.8 Å². The largest absolute Gasteiger partial charge is 0.238 e. The van der Waals surface area contributed by atoms with Crippen molar-refractivity contribution in [1.29, 1.82) is 0 Å². The summed E-state index contributed by atoms with van der Waals surface area (Å²) in [5.74, 6) is 0. The highest BCUT2D eigenvalue weighted by Crippen LogP contribution is 2.17. The van der Waals surface area contributed by atoms with Crippen LogP contribution in [0.1, 0.15) is 63.0 Å². The number of hydrogen-bond acceptors (Lipinski definition) is 0. The first-order valence-electron chi connectivity index (χ1n) is 8.13. The van der Waals surface area contributed by atoms with Crippen molar-refractivity contribution >= 4 is 0 Å². The molecule has 0 bridgehead atoms. The topological polar surface area (TPSA) is 14.1 Å². The zero-order valence-corrected chi connectivity index (χ0v) is 12.4. The van der Waals surface area contributed by atoms with Gasteiger partial charge in [0.2, 0.25) is 0 Å². The maximum Gasteiger partial charge on any atom is 0.0246 e. The van der Waals surface area contributed by atoms with E-state index in [1.807, 2.05) is 0 Å². The zero-order chi connectivity index (χ0) is 13.3. The van der Waals surface area contributed by atoms with Crippen molar-refractivity contribution in [3.63, 3.8) is 0 Å². The van der Waals surface area contributed by atoms with Gasteiger partial charge in [-0.3, -0.25) is 0 Å². The minimum absolute atomic E-state index is 0.691. The molecule has 1 aromatic rings. The van der Waals surface area contributed by atoms with Gasteiger partial charge in [-0.2, -0.15) is 0 Å². The zero-order valence-electron chi connectivity index (χ0n) is 12.4. The van der Waals surface area contributed by atoms with Crippen molar-refractivity contribution in [2.75, 3.05) is 6.54 Å². The van der Waals surface area contributed by atoms with Crippen LogP contribution in [0.3, 0.4) is 0 Å². The molecule has 2 rings (SSSR count). The monoisotopic (exact) mass is 258 g/mol. The summed E-state index contributed by atoms with van der Waals surface area (Å²) in [4.78, 5) is 0. The van der Waals surface area contributed by atoms with E-state index in [4.69, 9.17) is 5.32 Å². The molecule has 1 atom stereocenters. The maximum absolute atomic E-state index is 4.71. The normalized spacial score (nSPS) is 19.5. The number of aryl methyl sites for hydroxylation is 2. The molecule has 0 aromatic heterocycles. The Balaban J connectivity index is 1.61. The third-order valence-corrected chi connectivity index (χ3v) is 4.32. The molecular weight excluding hydrogens is 230 g/mol. The maximum atomic E-state index is 4.71. The van der Waals surface area contributed by atoms with Crippen molar-refractivity contribution in [1.82, 2.24) is 5.32 Å². The van der Waals surface area contributed by atoms with E-state index in [0.29, 0.717) is 6.04 Å². The van der Waals surface area contributed by atoms with Gasteiger partial charge in [-0.05, 0) is 49.7 Å². The van der Waals surface area contributed by atoms with Crippen LogP contribution < -0.4 is 5.32 Å². The Hall–Kier alpha value is -0.820. The molecule has 1 heteroatoms. The van der Waals surface area contributed by atoms with Crippen molar-refractivity contribution in [3.8, 4) is 0 Å². The molecule has 1 nitrogen and oxygen atoms in total. The number of nitrogens with zero attached hydrogens (tertiary/aromatic N) is 1. The minimum Gasteiger partial charge on any atom is -0.238 e. The van der Waals surface area contributed by atoms with E-state index in [9.17, 15) is 0 Å². The molecule has 1 aliphatic rings. The molecule has 0 spiro atoms. The smallest absolute Gasteiger partial charge is 0.0246 e. The van der Waals surface area contributed by atoms with Crippen molar-refractivity contribution < 1.29 is 0 Å².